The smallest absolute Gasteiger partial charge is 0.127 e. The third-order valence-electron chi connectivity index (χ3n) is 5.21. The predicted octanol–water partition coefficient (Wildman–Crippen LogP) is 2.91. The van der Waals surface area contributed by atoms with Crippen LogP contribution in [0.1, 0.15) is 18.4 Å². The number of hydrogen-bond donors (Lipinski definition) is 0. The molecule has 3 heterocycles. The number of ether oxygens (including phenoxy) is 2. The van der Waals surface area contributed by atoms with E-state index < -0.39 is 0 Å². The van der Waals surface area contributed by atoms with Crippen LogP contribution in [0.5, 0.6) is 5.75 Å². The minimum absolute atomic E-state index is 0.675. The summed E-state index contributed by atoms with van der Waals surface area (Å²) in [5.41, 5.74) is 2.44. The van der Waals surface area contributed by atoms with E-state index in [0.717, 1.165) is 55.7 Å². The summed E-state index contributed by atoms with van der Waals surface area (Å²) in [6.45, 7) is 7.94. The van der Waals surface area contributed by atoms with E-state index in [0.29, 0.717) is 12.6 Å². The third kappa shape index (κ3) is 3.77. The lowest BCUT2D eigenvalue weighted by Gasteiger charge is -2.41. The Labute approximate surface area is 149 Å². The second kappa shape index (κ2) is 7.44. The first-order valence-electron chi connectivity index (χ1n) is 8.94. The topological polar surface area (TPSA) is 24.9 Å². The number of hydrogen-bond acceptors (Lipinski definition) is 4. The van der Waals surface area contributed by atoms with Gasteiger partial charge in [-0.15, -0.1) is 0 Å². The van der Waals surface area contributed by atoms with Gasteiger partial charge in [-0.1, -0.05) is 11.6 Å². The van der Waals surface area contributed by atoms with Crippen molar-refractivity contribution in [2.45, 2.75) is 18.9 Å². The van der Waals surface area contributed by atoms with E-state index >= 15 is 0 Å². The zero-order valence-corrected chi connectivity index (χ0v) is 14.8. The van der Waals surface area contributed by atoms with Crippen molar-refractivity contribution in [1.29, 1.82) is 0 Å². The lowest BCUT2D eigenvalue weighted by atomic mass is 10.0. The highest BCUT2D eigenvalue weighted by molar-refractivity contribution is 6.30. The molecule has 1 unspecified atom stereocenters. The molecule has 3 aliphatic heterocycles. The maximum atomic E-state index is 6.11. The third-order valence-corrected chi connectivity index (χ3v) is 5.45. The summed E-state index contributed by atoms with van der Waals surface area (Å²) in [5.74, 6) is 0.938. The molecule has 0 radical (unpaired) electrons. The van der Waals surface area contributed by atoms with Crippen molar-refractivity contribution in [2.24, 2.45) is 0 Å². The van der Waals surface area contributed by atoms with E-state index in [1.807, 2.05) is 18.2 Å². The molecule has 1 atom stereocenters. The van der Waals surface area contributed by atoms with E-state index in [1.165, 1.54) is 25.0 Å². The number of likely N-dealkylation sites (tertiary alicyclic amines) is 1. The molecule has 0 spiro atoms. The quantitative estimate of drug-likeness (QED) is 0.838. The summed E-state index contributed by atoms with van der Waals surface area (Å²) >= 11 is 6.11. The van der Waals surface area contributed by atoms with Gasteiger partial charge in [0.15, 0.2) is 0 Å². The Bertz CT molecular complexity index is 613. The lowest BCUT2D eigenvalue weighted by molar-refractivity contribution is -0.00163. The Hall–Kier alpha value is -1.07. The number of piperidine rings is 1. The second-order valence-corrected chi connectivity index (χ2v) is 7.39. The summed E-state index contributed by atoms with van der Waals surface area (Å²) in [6.07, 6.45) is 4.84. The molecular formula is C19H25ClN2O2. The molecule has 4 nitrogen and oxygen atoms in total. The van der Waals surface area contributed by atoms with E-state index in [2.05, 4.69) is 15.9 Å². The van der Waals surface area contributed by atoms with Crippen LogP contribution in [-0.2, 0) is 4.74 Å². The highest BCUT2D eigenvalue weighted by Gasteiger charge is 2.27. The van der Waals surface area contributed by atoms with Crippen LogP contribution in [0.25, 0.3) is 6.08 Å². The van der Waals surface area contributed by atoms with Gasteiger partial charge in [0.25, 0.3) is 0 Å². The average Bonchev–Trinajstić information content (AvgIpc) is 2.62. The summed E-state index contributed by atoms with van der Waals surface area (Å²) in [4.78, 5) is 5.19. The van der Waals surface area contributed by atoms with E-state index in [1.54, 1.807) is 0 Å². The minimum Gasteiger partial charge on any atom is -0.489 e. The van der Waals surface area contributed by atoms with Crippen molar-refractivity contribution < 1.29 is 9.47 Å². The van der Waals surface area contributed by atoms with Gasteiger partial charge >= 0.3 is 0 Å². The Morgan fingerprint density at radius 3 is 2.92 bits per heavy atom. The number of halogens is 1. The van der Waals surface area contributed by atoms with E-state index in [9.17, 15) is 0 Å². The second-order valence-electron chi connectivity index (χ2n) is 6.95. The van der Waals surface area contributed by atoms with Crippen molar-refractivity contribution in [3.63, 3.8) is 0 Å². The van der Waals surface area contributed by atoms with Crippen molar-refractivity contribution >= 4 is 17.7 Å². The molecular weight excluding hydrogens is 324 g/mol. The van der Waals surface area contributed by atoms with Crippen LogP contribution >= 0.6 is 11.6 Å². The van der Waals surface area contributed by atoms with Gasteiger partial charge in [0.1, 0.15) is 12.4 Å². The first-order valence-corrected chi connectivity index (χ1v) is 9.32. The number of fused-ring (bicyclic) bond motifs is 1. The number of nitrogens with zero attached hydrogens (tertiary/aromatic N) is 2. The first kappa shape index (κ1) is 16.4. The number of benzene rings is 1. The molecule has 2 saturated heterocycles. The Morgan fingerprint density at radius 1 is 1.17 bits per heavy atom. The molecule has 0 aromatic heterocycles. The van der Waals surface area contributed by atoms with Crippen LogP contribution in [0, 0.1) is 0 Å². The monoisotopic (exact) mass is 348 g/mol. The van der Waals surface area contributed by atoms with E-state index in [-0.39, 0.29) is 0 Å². The van der Waals surface area contributed by atoms with Crippen molar-refractivity contribution in [3.8, 4) is 5.75 Å². The molecule has 0 N–H and O–H groups in total. The highest BCUT2D eigenvalue weighted by atomic mass is 35.5. The molecule has 2 fully saturated rings. The first-order chi connectivity index (χ1) is 11.8. The Morgan fingerprint density at radius 2 is 2.04 bits per heavy atom. The summed E-state index contributed by atoms with van der Waals surface area (Å²) in [7, 11) is 0. The van der Waals surface area contributed by atoms with Crippen LogP contribution in [0.4, 0.5) is 0 Å². The zero-order valence-electron chi connectivity index (χ0n) is 14.0. The summed E-state index contributed by atoms with van der Waals surface area (Å²) in [5, 5.41) is 0.764. The van der Waals surface area contributed by atoms with Crippen LogP contribution in [-0.4, -0.2) is 68.4 Å². The molecule has 4 rings (SSSR count). The van der Waals surface area contributed by atoms with Gasteiger partial charge in [0.2, 0.25) is 0 Å². The van der Waals surface area contributed by atoms with Crippen molar-refractivity contribution in [1.82, 2.24) is 9.80 Å². The van der Waals surface area contributed by atoms with Crippen LogP contribution in [0.2, 0.25) is 5.02 Å². The van der Waals surface area contributed by atoms with Gasteiger partial charge in [-0.3, -0.25) is 9.80 Å². The van der Waals surface area contributed by atoms with Gasteiger partial charge in [0, 0.05) is 42.8 Å². The average molecular weight is 349 g/mol. The van der Waals surface area contributed by atoms with Gasteiger partial charge in [-0.05, 0) is 49.2 Å². The SMILES string of the molecule is Clc1ccc2c(c1)C=C(CN1CCCC(N3CCOCC3)C1)CO2. The van der Waals surface area contributed by atoms with Gasteiger partial charge < -0.3 is 9.47 Å². The molecule has 3 aliphatic rings. The van der Waals surface area contributed by atoms with Gasteiger partial charge in [-0.25, -0.2) is 0 Å². The summed E-state index contributed by atoms with van der Waals surface area (Å²) < 4.78 is 11.4. The fourth-order valence-corrected chi connectivity index (χ4v) is 4.17. The maximum absolute atomic E-state index is 6.11. The van der Waals surface area contributed by atoms with Crippen LogP contribution < -0.4 is 4.74 Å². The fourth-order valence-electron chi connectivity index (χ4n) is 3.99. The Balaban J connectivity index is 1.40. The molecule has 5 heteroatoms. The predicted molar refractivity (Wildman–Crippen MR) is 96.8 cm³/mol. The van der Waals surface area contributed by atoms with Crippen LogP contribution in [0.3, 0.4) is 0 Å². The molecule has 1 aromatic rings. The van der Waals surface area contributed by atoms with E-state index in [4.69, 9.17) is 21.1 Å². The highest BCUT2D eigenvalue weighted by Crippen LogP contribution is 2.29. The molecule has 0 bridgehead atoms. The van der Waals surface area contributed by atoms with Gasteiger partial charge in [0.05, 0.1) is 13.2 Å². The maximum Gasteiger partial charge on any atom is 0.127 e. The summed E-state index contributed by atoms with van der Waals surface area (Å²) in [6, 6.07) is 6.51. The molecule has 0 saturated carbocycles. The molecule has 0 amide bonds. The number of morpholine rings is 1. The largest absolute Gasteiger partial charge is 0.489 e. The minimum atomic E-state index is 0.675. The van der Waals surface area contributed by atoms with Gasteiger partial charge in [-0.2, -0.15) is 0 Å². The molecule has 1 aromatic carbocycles. The number of rotatable bonds is 3. The fraction of sp³-hybridized carbons (Fsp3) is 0.579. The van der Waals surface area contributed by atoms with Crippen molar-refractivity contribution in [3.05, 3.63) is 34.4 Å². The normalized spacial score (nSPS) is 25.7. The molecule has 24 heavy (non-hydrogen) atoms. The van der Waals surface area contributed by atoms with Crippen LogP contribution in [0.15, 0.2) is 23.8 Å². The lowest BCUT2D eigenvalue weighted by Crippen LogP contribution is -2.51. The standard InChI is InChI=1S/C19H25ClN2O2/c20-17-3-4-19-16(11-17)10-15(14-24-19)12-21-5-1-2-18(13-21)22-6-8-23-9-7-22/h3-4,10-11,18H,1-2,5-9,12-14H2. The van der Waals surface area contributed by atoms with Crippen molar-refractivity contribution in [2.75, 3.05) is 52.5 Å². The Kier molecular flexibility index (Phi) is 5.09. The zero-order chi connectivity index (χ0) is 16.4. The molecule has 130 valence electrons. The molecule has 0 aliphatic carbocycles.